The molecular weight excluding hydrogens is 479 g/mol. The summed E-state index contributed by atoms with van der Waals surface area (Å²) in [5, 5.41) is 7.28. The van der Waals surface area contributed by atoms with E-state index in [1.54, 1.807) is 0 Å². The standard InChI is InChI=1S/C31H53FN4O2/c1-20(2)30(38)35(4)25-15-16-36(19-25)24-12-8-11-23(17-24)33-29(37)28-18-26-27(32)14-13-21(3)31(26,34-28)22-9-6-5-7-10-22/h20-28,34H,5-19H2,1-4H3,(H,33,37)/t21?,23-,24?,25?,26?,27?,28?,31?/m1/s1. The summed E-state index contributed by atoms with van der Waals surface area (Å²) in [4.78, 5) is 30.7. The second-order valence-electron chi connectivity index (χ2n) is 13.9. The van der Waals surface area contributed by atoms with Gasteiger partial charge in [-0.15, -0.1) is 0 Å². The van der Waals surface area contributed by atoms with Gasteiger partial charge in [-0.2, -0.15) is 0 Å². The Hall–Kier alpha value is -1.21. The van der Waals surface area contributed by atoms with Gasteiger partial charge < -0.3 is 10.2 Å². The predicted octanol–water partition coefficient (Wildman–Crippen LogP) is 4.67. The third kappa shape index (κ3) is 5.40. The van der Waals surface area contributed by atoms with Gasteiger partial charge in [0.05, 0.1) is 6.04 Å². The van der Waals surface area contributed by atoms with Crippen LogP contribution in [-0.2, 0) is 9.59 Å². The Bertz CT molecular complexity index is 848. The zero-order chi connectivity index (χ0) is 27.0. The molecule has 216 valence electrons. The molecule has 2 heterocycles. The van der Waals surface area contributed by atoms with Gasteiger partial charge in [0, 0.05) is 55.6 Å². The summed E-state index contributed by atoms with van der Waals surface area (Å²) in [5.74, 6) is 1.24. The molecule has 0 spiro atoms. The second-order valence-corrected chi connectivity index (χ2v) is 13.9. The molecule has 0 radical (unpaired) electrons. The van der Waals surface area contributed by atoms with Crippen molar-refractivity contribution < 1.29 is 14.0 Å². The highest BCUT2D eigenvalue weighted by Gasteiger charge is 2.60. The highest BCUT2D eigenvalue weighted by Crippen LogP contribution is 2.53. The molecule has 2 N–H and O–H groups in total. The van der Waals surface area contributed by atoms with Crippen LogP contribution in [0, 0.1) is 23.7 Å². The largest absolute Gasteiger partial charge is 0.352 e. The normalized spacial score (nSPS) is 40.7. The van der Waals surface area contributed by atoms with Crippen LogP contribution < -0.4 is 10.6 Å². The number of alkyl halides is 1. The number of carbonyl (C=O) groups is 2. The lowest BCUT2D eigenvalue weighted by molar-refractivity contribution is -0.135. The molecule has 0 bridgehead atoms. The van der Waals surface area contributed by atoms with Gasteiger partial charge in [-0.3, -0.25) is 19.8 Å². The van der Waals surface area contributed by atoms with Crippen LogP contribution in [0.2, 0.25) is 0 Å². The summed E-state index contributed by atoms with van der Waals surface area (Å²) in [7, 11) is 1.95. The maximum Gasteiger partial charge on any atom is 0.237 e. The van der Waals surface area contributed by atoms with Crippen molar-refractivity contribution >= 4 is 11.8 Å². The summed E-state index contributed by atoms with van der Waals surface area (Å²) in [6.07, 6.45) is 12.9. The zero-order valence-electron chi connectivity index (χ0n) is 24.4. The van der Waals surface area contributed by atoms with Gasteiger partial charge in [-0.25, -0.2) is 4.39 Å². The summed E-state index contributed by atoms with van der Waals surface area (Å²) in [6.45, 7) is 8.21. The van der Waals surface area contributed by atoms with Gasteiger partial charge in [0.2, 0.25) is 11.8 Å². The molecule has 2 saturated heterocycles. The third-order valence-corrected chi connectivity index (χ3v) is 11.3. The number of fused-ring (bicyclic) bond motifs is 1. The Balaban J connectivity index is 1.19. The first-order valence-corrected chi connectivity index (χ1v) is 15.9. The monoisotopic (exact) mass is 532 g/mol. The van der Waals surface area contributed by atoms with Gasteiger partial charge in [0.15, 0.2) is 0 Å². The summed E-state index contributed by atoms with van der Waals surface area (Å²) in [6, 6.07) is 0.666. The minimum absolute atomic E-state index is 0.0312. The Morgan fingerprint density at radius 2 is 1.76 bits per heavy atom. The van der Waals surface area contributed by atoms with E-state index in [1.165, 1.54) is 32.1 Å². The van der Waals surface area contributed by atoms with Crippen molar-refractivity contribution in [1.29, 1.82) is 0 Å². The smallest absolute Gasteiger partial charge is 0.237 e. The number of likely N-dealkylation sites (tertiary alicyclic amines) is 1. The van der Waals surface area contributed by atoms with Crippen molar-refractivity contribution in [3.05, 3.63) is 0 Å². The zero-order valence-corrected chi connectivity index (χ0v) is 24.4. The average Bonchev–Trinajstić information content (AvgIpc) is 3.58. The van der Waals surface area contributed by atoms with Gasteiger partial charge in [-0.05, 0) is 76.0 Å². The summed E-state index contributed by atoms with van der Waals surface area (Å²) in [5.41, 5.74) is -0.209. The molecule has 3 saturated carbocycles. The lowest BCUT2D eigenvalue weighted by Crippen LogP contribution is -2.62. The van der Waals surface area contributed by atoms with Crippen LogP contribution in [0.4, 0.5) is 4.39 Å². The van der Waals surface area contributed by atoms with Crippen molar-refractivity contribution in [2.45, 2.75) is 140 Å². The van der Waals surface area contributed by atoms with Crippen molar-refractivity contribution in [2.75, 3.05) is 20.1 Å². The molecular formula is C31H53FN4O2. The molecule has 5 rings (SSSR count). The molecule has 7 unspecified atom stereocenters. The number of nitrogens with one attached hydrogen (secondary N) is 2. The molecule has 3 aliphatic carbocycles. The fourth-order valence-electron chi connectivity index (χ4n) is 9.23. The maximum absolute atomic E-state index is 15.4. The number of nitrogens with zero attached hydrogens (tertiary/aromatic N) is 2. The van der Waals surface area contributed by atoms with Gasteiger partial charge >= 0.3 is 0 Å². The minimum atomic E-state index is -0.790. The number of hydrogen-bond acceptors (Lipinski definition) is 4. The first-order valence-electron chi connectivity index (χ1n) is 15.9. The fraction of sp³-hybridized carbons (Fsp3) is 0.935. The maximum atomic E-state index is 15.4. The van der Waals surface area contributed by atoms with E-state index in [0.29, 0.717) is 30.7 Å². The predicted molar refractivity (Wildman–Crippen MR) is 149 cm³/mol. The van der Waals surface area contributed by atoms with E-state index in [1.807, 2.05) is 25.8 Å². The second kappa shape index (κ2) is 11.7. The Labute approximate surface area is 230 Å². The molecule has 0 aromatic carbocycles. The molecule has 2 aliphatic heterocycles. The number of hydrogen-bond donors (Lipinski definition) is 2. The number of likely N-dealkylation sites (N-methyl/N-ethyl adjacent to an activating group) is 1. The summed E-state index contributed by atoms with van der Waals surface area (Å²) >= 11 is 0. The van der Waals surface area contributed by atoms with Crippen molar-refractivity contribution in [2.24, 2.45) is 23.7 Å². The highest BCUT2D eigenvalue weighted by molar-refractivity contribution is 5.82. The van der Waals surface area contributed by atoms with E-state index in [0.717, 1.165) is 51.6 Å². The highest BCUT2D eigenvalue weighted by atomic mass is 19.1. The van der Waals surface area contributed by atoms with Crippen LogP contribution in [0.1, 0.15) is 104 Å². The Morgan fingerprint density at radius 1 is 1.00 bits per heavy atom. The average molecular weight is 533 g/mol. The first-order chi connectivity index (χ1) is 18.2. The Morgan fingerprint density at radius 3 is 2.50 bits per heavy atom. The number of carbonyl (C=O) groups excluding carboxylic acids is 2. The van der Waals surface area contributed by atoms with E-state index >= 15 is 4.39 Å². The topological polar surface area (TPSA) is 64.7 Å². The third-order valence-electron chi connectivity index (χ3n) is 11.3. The van der Waals surface area contributed by atoms with E-state index in [2.05, 4.69) is 22.5 Å². The number of halogens is 1. The van der Waals surface area contributed by atoms with Gasteiger partial charge in [0.25, 0.3) is 0 Å². The van der Waals surface area contributed by atoms with Crippen LogP contribution >= 0.6 is 0 Å². The molecule has 5 fully saturated rings. The van der Waals surface area contributed by atoms with Gasteiger partial charge in [0.1, 0.15) is 6.17 Å². The molecule has 38 heavy (non-hydrogen) atoms. The minimum Gasteiger partial charge on any atom is -0.352 e. The summed E-state index contributed by atoms with van der Waals surface area (Å²) < 4.78 is 15.4. The molecule has 8 atom stereocenters. The first kappa shape index (κ1) is 28.3. The quantitative estimate of drug-likeness (QED) is 0.522. The number of amides is 2. The molecule has 2 amide bonds. The Kier molecular flexibility index (Phi) is 8.74. The van der Waals surface area contributed by atoms with Crippen molar-refractivity contribution in [3.63, 3.8) is 0 Å². The molecule has 7 heteroatoms. The van der Waals surface area contributed by atoms with E-state index in [-0.39, 0.29) is 47.3 Å². The molecule has 5 aliphatic rings. The van der Waals surface area contributed by atoms with Crippen LogP contribution in [-0.4, -0.2) is 77.6 Å². The molecule has 6 nitrogen and oxygen atoms in total. The van der Waals surface area contributed by atoms with Crippen molar-refractivity contribution in [1.82, 2.24) is 20.4 Å². The van der Waals surface area contributed by atoms with Crippen molar-refractivity contribution in [3.8, 4) is 0 Å². The SMILES string of the molecule is CC(C)C(=O)N(C)C1CCN(C2CCC[C@@H](NC(=O)C3CC4C(F)CCC(C)C4(C4CCCCC4)N3)C2)C1. The van der Waals surface area contributed by atoms with Crippen LogP contribution in [0.5, 0.6) is 0 Å². The lowest BCUT2D eigenvalue weighted by Gasteiger charge is -2.52. The number of rotatable bonds is 6. The molecule has 0 aromatic heterocycles. The van der Waals surface area contributed by atoms with Gasteiger partial charge in [-0.1, -0.05) is 40.0 Å². The van der Waals surface area contributed by atoms with Crippen LogP contribution in [0.3, 0.4) is 0 Å². The fourth-order valence-corrected chi connectivity index (χ4v) is 9.23. The van der Waals surface area contributed by atoms with Crippen LogP contribution in [0.25, 0.3) is 0 Å². The lowest BCUT2D eigenvalue weighted by atomic mass is 9.58. The van der Waals surface area contributed by atoms with Crippen LogP contribution in [0.15, 0.2) is 0 Å². The van der Waals surface area contributed by atoms with E-state index in [9.17, 15) is 9.59 Å². The van der Waals surface area contributed by atoms with E-state index < -0.39 is 6.17 Å². The van der Waals surface area contributed by atoms with E-state index in [4.69, 9.17) is 0 Å². The molecule has 0 aromatic rings.